The zero-order valence-electron chi connectivity index (χ0n) is 11.7. The summed E-state index contributed by atoms with van der Waals surface area (Å²) >= 11 is 0. The molecule has 0 saturated heterocycles. The summed E-state index contributed by atoms with van der Waals surface area (Å²) in [4.78, 5) is 9.03. The predicted molar refractivity (Wildman–Crippen MR) is 71.0 cm³/mol. The van der Waals surface area contributed by atoms with Gasteiger partial charge in [-0.2, -0.15) is 13.2 Å². The highest BCUT2D eigenvalue weighted by atomic mass is 19.4. The second-order valence-corrected chi connectivity index (χ2v) is 4.62. The van der Waals surface area contributed by atoms with Crippen LogP contribution in [0.3, 0.4) is 0 Å². The fraction of sp³-hybridized carbons (Fsp3) is 0.667. The Labute approximate surface area is 115 Å². The van der Waals surface area contributed by atoms with E-state index in [4.69, 9.17) is 5.11 Å². The van der Waals surface area contributed by atoms with E-state index >= 15 is 0 Å². The topological polar surface area (TPSA) is 61.3 Å². The second kappa shape index (κ2) is 6.74. The van der Waals surface area contributed by atoms with Gasteiger partial charge in [-0.15, -0.1) is 0 Å². The van der Waals surface area contributed by atoms with E-state index in [0.717, 1.165) is 4.90 Å². The third kappa shape index (κ3) is 4.22. The molecule has 0 saturated carbocycles. The van der Waals surface area contributed by atoms with Gasteiger partial charge in [-0.25, -0.2) is 9.97 Å². The number of aromatic nitrogens is 2. The van der Waals surface area contributed by atoms with Gasteiger partial charge < -0.3 is 15.3 Å². The largest absolute Gasteiger partial charge is 0.405 e. The molecule has 8 heteroatoms. The first-order valence-corrected chi connectivity index (χ1v) is 6.25. The van der Waals surface area contributed by atoms with Crippen LogP contribution < -0.4 is 10.2 Å². The normalized spacial score (nSPS) is 11.8. The first-order valence-electron chi connectivity index (χ1n) is 6.25. The highest BCUT2D eigenvalue weighted by Gasteiger charge is 2.32. The molecule has 0 amide bonds. The average molecular weight is 292 g/mol. The monoisotopic (exact) mass is 292 g/mol. The molecule has 5 nitrogen and oxygen atoms in total. The molecule has 0 aliphatic carbocycles. The highest BCUT2D eigenvalue weighted by Crippen LogP contribution is 2.32. The Bertz CT molecular complexity index is 437. The molecule has 0 spiro atoms. The van der Waals surface area contributed by atoms with Crippen molar-refractivity contribution >= 4 is 11.6 Å². The Kier molecular flexibility index (Phi) is 5.55. The minimum Gasteiger partial charge on any atom is -0.395 e. The molecular weight excluding hydrogens is 273 g/mol. The number of nitrogens with one attached hydrogen (secondary N) is 1. The van der Waals surface area contributed by atoms with Crippen molar-refractivity contribution in [3.63, 3.8) is 0 Å². The Balaban J connectivity index is 3.25. The van der Waals surface area contributed by atoms with Crippen molar-refractivity contribution in [1.29, 1.82) is 0 Å². The fourth-order valence-electron chi connectivity index (χ4n) is 1.97. The quantitative estimate of drug-likeness (QED) is 0.840. The Morgan fingerprint density at radius 3 is 2.45 bits per heavy atom. The van der Waals surface area contributed by atoms with Crippen molar-refractivity contribution in [2.45, 2.75) is 25.9 Å². The van der Waals surface area contributed by atoms with Gasteiger partial charge in [0.15, 0.2) is 0 Å². The van der Waals surface area contributed by atoms with Crippen LogP contribution >= 0.6 is 0 Å². The van der Waals surface area contributed by atoms with Gasteiger partial charge in [-0.3, -0.25) is 0 Å². The molecule has 0 unspecified atom stereocenters. The standard InChI is InChI=1S/C12H19F3N4O/c1-8(2)9-10(16-3)17-7-18-11(9)19(4-5-20)6-12(13,14)15/h7-8,20H,4-6H2,1-3H3,(H,16,17,18). The molecule has 0 aliphatic heterocycles. The first-order chi connectivity index (χ1) is 9.30. The fourth-order valence-corrected chi connectivity index (χ4v) is 1.97. The van der Waals surface area contributed by atoms with E-state index in [9.17, 15) is 13.2 Å². The molecule has 0 atom stereocenters. The lowest BCUT2D eigenvalue weighted by atomic mass is 10.0. The van der Waals surface area contributed by atoms with Crippen molar-refractivity contribution in [2.75, 3.05) is 37.0 Å². The van der Waals surface area contributed by atoms with Gasteiger partial charge in [0.1, 0.15) is 24.5 Å². The van der Waals surface area contributed by atoms with Crippen LogP contribution in [0.4, 0.5) is 24.8 Å². The van der Waals surface area contributed by atoms with Crippen molar-refractivity contribution in [2.24, 2.45) is 0 Å². The maximum atomic E-state index is 12.6. The van der Waals surface area contributed by atoms with Crippen LogP contribution in [0.2, 0.25) is 0 Å². The molecule has 114 valence electrons. The van der Waals surface area contributed by atoms with Crippen molar-refractivity contribution in [1.82, 2.24) is 9.97 Å². The van der Waals surface area contributed by atoms with Gasteiger partial charge in [0, 0.05) is 19.2 Å². The Morgan fingerprint density at radius 1 is 1.35 bits per heavy atom. The van der Waals surface area contributed by atoms with E-state index in [1.165, 1.54) is 6.33 Å². The molecule has 0 aromatic carbocycles. The minimum atomic E-state index is -4.37. The summed E-state index contributed by atoms with van der Waals surface area (Å²) in [6.07, 6.45) is -3.15. The van der Waals surface area contributed by atoms with Crippen molar-refractivity contribution in [3.05, 3.63) is 11.9 Å². The summed E-state index contributed by atoms with van der Waals surface area (Å²) < 4.78 is 37.9. The average Bonchev–Trinajstić information content (AvgIpc) is 2.35. The number of anilines is 2. The molecule has 2 N–H and O–H groups in total. The predicted octanol–water partition coefficient (Wildman–Crippen LogP) is 2.00. The van der Waals surface area contributed by atoms with Gasteiger partial charge in [0.05, 0.1) is 6.61 Å². The lowest BCUT2D eigenvalue weighted by Crippen LogP contribution is -2.37. The number of aliphatic hydroxyl groups is 1. The second-order valence-electron chi connectivity index (χ2n) is 4.62. The summed E-state index contributed by atoms with van der Waals surface area (Å²) in [6, 6.07) is 0. The number of halogens is 3. The number of rotatable bonds is 6. The van der Waals surface area contributed by atoms with Crippen LogP contribution in [-0.2, 0) is 0 Å². The zero-order valence-corrected chi connectivity index (χ0v) is 11.7. The van der Waals surface area contributed by atoms with Crippen LogP contribution in [-0.4, -0.2) is 48.0 Å². The SMILES string of the molecule is CNc1ncnc(N(CCO)CC(F)(F)F)c1C(C)C. The smallest absolute Gasteiger partial charge is 0.395 e. The van der Waals surface area contributed by atoms with Crippen LogP contribution in [0.25, 0.3) is 0 Å². The van der Waals surface area contributed by atoms with E-state index in [2.05, 4.69) is 15.3 Å². The number of hydrogen-bond acceptors (Lipinski definition) is 5. The molecule has 1 heterocycles. The third-order valence-electron chi connectivity index (χ3n) is 2.72. The highest BCUT2D eigenvalue weighted by molar-refractivity contribution is 5.60. The summed E-state index contributed by atoms with van der Waals surface area (Å²) in [6.45, 7) is 2.03. The molecule has 0 bridgehead atoms. The van der Waals surface area contributed by atoms with Gasteiger partial charge in [-0.1, -0.05) is 13.8 Å². The van der Waals surface area contributed by atoms with E-state index < -0.39 is 12.7 Å². The van der Waals surface area contributed by atoms with Gasteiger partial charge in [0.2, 0.25) is 0 Å². The van der Waals surface area contributed by atoms with Crippen LogP contribution in [0.1, 0.15) is 25.3 Å². The molecule has 1 rings (SSSR count). The Morgan fingerprint density at radius 2 is 2.00 bits per heavy atom. The van der Waals surface area contributed by atoms with Crippen molar-refractivity contribution in [3.8, 4) is 0 Å². The van der Waals surface area contributed by atoms with E-state index in [-0.39, 0.29) is 24.9 Å². The maximum Gasteiger partial charge on any atom is 0.405 e. The summed E-state index contributed by atoms with van der Waals surface area (Å²) in [7, 11) is 1.65. The molecule has 1 aromatic heterocycles. The molecular formula is C12H19F3N4O. The van der Waals surface area contributed by atoms with Crippen LogP contribution in [0.5, 0.6) is 0 Å². The molecule has 20 heavy (non-hydrogen) atoms. The molecule has 0 fully saturated rings. The Hall–Kier alpha value is -1.57. The van der Waals surface area contributed by atoms with Gasteiger partial charge >= 0.3 is 6.18 Å². The lowest BCUT2D eigenvalue weighted by Gasteiger charge is -2.27. The summed E-state index contributed by atoms with van der Waals surface area (Å²) in [5.74, 6) is 0.643. The third-order valence-corrected chi connectivity index (χ3v) is 2.72. The number of hydrogen-bond donors (Lipinski definition) is 2. The summed E-state index contributed by atoms with van der Waals surface area (Å²) in [5.41, 5.74) is 0.604. The summed E-state index contributed by atoms with van der Waals surface area (Å²) in [5, 5.41) is 11.8. The van der Waals surface area contributed by atoms with E-state index in [1.807, 2.05) is 13.8 Å². The van der Waals surface area contributed by atoms with Gasteiger partial charge in [0.25, 0.3) is 0 Å². The van der Waals surface area contributed by atoms with Crippen LogP contribution in [0, 0.1) is 0 Å². The van der Waals surface area contributed by atoms with E-state index in [1.54, 1.807) is 7.05 Å². The lowest BCUT2D eigenvalue weighted by molar-refractivity contribution is -0.120. The zero-order chi connectivity index (χ0) is 15.3. The van der Waals surface area contributed by atoms with E-state index in [0.29, 0.717) is 11.4 Å². The minimum absolute atomic E-state index is 0.0527. The maximum absolute atomic E-state index is 12.6. The number of alkyl halides is 3. The number of nitrogens with zero attached hydrogens (tertiary/aromatic N) is 3. The first kappa shape index (κ1) is 16.5. The van der Waals surface area contributed by atoms with Crippen LogP contribution in [0.15, 0.2) is 6.33 Å². The van der Waals surface area contributed by atoms with Crippen molar-refractivity contribution < 1.29 is 18.3 Å². The number of aliphatic hydroxyl groups excluding tert-OH is 1. The van der Waals surface area contributed by atoms with Gasteiger partial charge in [-0.05, 0) is 5.92 Å². The molecule has 1 aromatic rings. The molecule has 0 radical (unpaired) electrons. The molecule has 0 aliphatic rings.